The lowest BCUT2D eigenvalue weighted by Gasteiger charge is -2.18. The highest BCUT2D eigenvalue weighted by atomic mass is 16.4. The minimum atomic E-state index is -1.02. The Hall–Kier alpha value is -1.96. The van der Waals surface area contributed by atoms with Crippen molar-refractivity contribution >= 4 is 11.9 Å². The van der Waals surface area contributed by atoms with Gasteiger partial charge in [0.25, 0.3) is 0 Å². The SMILES string of the molecule is CC(C)Cn1ncnc1CN(CC(N)=O)CC(=O)O. The fourth-order valence-corrected chi connectivity index (χ4v) is 1.69. The number of aliphatic carboxylic acids is 1. The zero-order chi connectivity index (χ0) is 14.4. The van der Waals surface area contributed by atoms with Gasteiger partial charge in [0.15, 0.2) is 0 Å². The standard InChI is InChI=1S/C11H19N5O3/c1-8(2)3-16-10(13-7-14-16)5-15(4-9(12)17)6-11(18)19/h7-8H,3-6H2,1-2H3,(H2,12,17)(H,18,19). The second kappa shape index (κ2) is 6.83. The molecule has 1 aromatic heterocycles. The third-order valence-corrected chi connectivity index (χ3v) is 2.34. The summed E-state index contributed by atoms with van der Waals surface area (Å²) < 4.78 is 1.71. The fourth-order valence-electron chi connectivity index (χ4n) is 1.69. The maximum absolute atomic E-state index is 10.9. The quantitative estimate of drug-likeness (QED) is 0.645. The van der Waals surface area contributed by atoms with Gasteiger partial charge in [-0.05, 0) is 5.92 Å². The van der Waals surface area contributed by atoms with Gasteiger partial charge < -0.3 is 10.8 Å². The average molecular weight is 269 g/mol. The van der Waals surface area contributed by atoms with E-state index >= 15 is 0 Å². The van der Waals surface area contributed by atoms with E-state index in [4.69, 9.17) is 10.8 Å². The van der Waals surface area contributed by atoms with E-state index < -0.39 is 11.9 Å². The monoisotopic (exact) mass is 269 g/mol. The Morgan fingerprint density at radius 1 is 1.47 bits per heavy atom. The van der Waals surface area contributed by atoms with Crippen LogP contribution in [0.1, 0.15) is 19.7 Å². The van der Waals surface area contributed by atoms with Gasteiger partial charge in [-0.15, -0.1) is 0 Å². The molecular weight excluding hydrogens is 250 g/mol. The summed E-state index contributed by atoms with van der Waals surface area (Å²) in [6.07, 6.45) is 1.42. The number of carboxylic acids is 1. The van der Waals surface area contributed by atoms with E-state index in [2.05, 4.69) is 10.1 Å². The van der Waals surface area contributed by atoms with Crippen LogP contribution < -0.4 is 5.73 Å². The van der Waals surface area contributed by atoms with Crippen molar-refractivity contribution < 1.29 is 14.7 Å². The lowest BCUT2D eigenvalue weighted by molar-refractivity contribution is -0.138. The summed E-state index contributed by atoms with van der Waals surface area (Å²) in [4.78, 5) is 27.2. The van der Waals surface area contributed by atoms with Crippen LogP contribution in [0.4, 0.5) is 0 Å². The van der Waals surface area contributed by atoms with E-state index in [9.17, 15) is 9.59 Å². The molecule has 1 rings (SSSR count). The van der Waals surface area contributed by atoms with Crippen LogP contribution in [0.2, 0.25) is 0 Å². The topological polar surface area (TPSA) is 114 Å². The Balaban J connectivity index is 2.74. The van der Waals surface area contributed by atoms with Crippen LogP contribution >= 0.6 is 0 Å². The summed E-state index contributed by atoms with van der Waals surface area (Å²) in [5.41, 5.74) is 5.10. The van der Waals surface area contributed by atoms with Gasteiger partial charge in [-0.25, -0.2) is 9.67 Å². The minimum absolute atomic E-state index is 0.124. The summed E-state index contributed by atoms with van der Waals surface area (Å²) in [6, 6.07) is 0. The maximum Gasteiger partial charge on any atom is 0.317 e. The van der Waals surface area contributed by atoms with E-state index in [-0.39, 0.29) is 19.6 Å². The van der Waals surface area contributed by atoms with Crippen LogP contribution in [-0.2, 0) is 22.7 Å². The zero-order valence-corrected chi connectivity index (χ0v) is 11.1. The minimum Gasteiger partial charge on any atom is -0.480 e. The van der Waals surface area contributed by atoms with Gasteiger partial charge in [0, 0.05) is 6.54 Å². The van der Waals surface area contributed by atoms with Gasteiger partial charge in [-0.2, -0.15) is 5.10 Å². The van der Waals surface area contributed by atoms with E-state index in [0.29, 0.717) is 18.3 Å². The number of rotatable bonds is 8. The van der Waals surface area contributed by atoms with Gasteiger partial charge in [0.1, 0.15) is 12.2 Å². The normalized spacial score (nSPS) is 11.2. The van der Waals surface area contributed by atoms with Gasteiger partial charge >= 0.3 is 5.97 Å². The summed E-state index contributed by atoms with van der Waals surface area (Å²) in [5.74, 6) is -0.576. The maximum atomic E-state index is 10.9. The highest BCUT2D eigenvalue weighted by Crippen LogP contribution is 2.04. The molecule has 0 fully saturated rings. The van der Waals surface area contributed by atoms with Crippen LogP contribution in [0.3, 0.4) is 0 Å². The number of amides is 1. The van der Waals surface area contributed by atoms with Crippen molar-refractivity contribution in [3.8, 4) is 0 Å². The Kier molecular flexibility index (Phi) is 5.43. The lowest BCUT2D eigenvalue weighted by Crippen LogP contribution is -2.37. The Labute approximate surface area is 111 Å². The first-order valence-corrected chi connectivity index (χ1v) is 5.97. The molecule has 0 aliphatic heterocycles. The number of aromatic nitrogens is 3. The van der Waals surface area contributed by atoms with Crippen molar-refractivity contribution in [1.82, 2.24) is 19.7 Å². The molecule has 1 aromatic rings. The zero-order valence-electron chi connectivity index (χ0n) is 11.1. The second-order valence-electron chi connectivity index (χ2n) is 4.76. The number of hydrogen-bond donors (Lipinski definition) is 2. The molecular formula is C11H19N5O3. The number of carbonyl (C=O) groups is 2. The highest BCUT2D eigenvalue weighted by Gasteiger charge is 2.16. The van der Waals surface area contributed by atoms with Gasteiger partial charge in [0.05, 0.1) is 19.6 Å². The summed E-state index contributed by atoms with van der Waals surface area (Å²) >= 11 is 0. The Morgan fingerprint density at radius 3 is 2.68 bits per heavy atom. The van der Waals surface area contributed by atoms with Crippen molar-refractivity contribution in [2.75, 3.05) is 13.1 Å². The van der Waals surface area contributed by atoms with Crippen molar-refractivity contribution in [3.05, 3.63) is 12.2 Å². The summed E-state index contributed by atoms with van der Waals surface area (Å²) in [5, 5.41) is 12.9. The molecule has 1 amide bonds. The number of hydrogen-bond acceptors (Lipinski definition) is 5. The number of carbonyl (C=O) groups excluding carboxylic acids is 1. The van der Waals surface area contributed by atoms with E-state index in [1.54, 1.807) is 4.68 Å². The molecule has 0 aliphatic carbocycles. The molecule has 0 aromatic carbocycles. The predicted octanol–water partition coefficient (Wildman–Crippen LogP) is -0.694. The first kappa shape index (κ1) is 15.1. The first-order chi connectivity index (χ1) is 8.88. The molecule has 8 nitrogen and oxygen atoms in total. The third-order valence-electron chi connectivity index (χ3n) is 2.34. The van der Waals surface area contributed by atoms with Crippen LogP contribution in [0, 0.1) is 5.92 Å². The predicted molar refractivity (Wildman–Crippen MR) is 67.0 cm³/mol. The smallest absolute Gasteiger partial charge is 0.317 e. The van der Waals surface area contributed by atoms with Crippen LogP contribution in [0.25, 0.3) is 0 Å². The third kappa shape index (κ3) is 5.47. The molecule has 3 N–H and O–H groups in total. The van der Waals surface area contributed by atoms with Crippen LogP contribution in [-0.4, -0.2) is 49.7 Å². The molecule has 19 heavy (non-hydrogen) atoms. The van der Waals surface area contributed by atoms with E-state index in [1.165, 1.54) is 11.2 Å². The second-order valence-corrected chi connectivity index (χ2v) is 4.76. The first-order valence-electron chi connectivity index (χ1n) is 5.97. The molecule has 0 spiro atoms. The molecule has 0 aliphatic rings. The van der Waals surface area contributed by atoms with Gasteiger partial charge in [-0.3, -0.25) is 14.5 Å². The van der Waals surface area contributed by atoms with Crippen LogP contribution in [0.5, 0.6) is 0 Å². The number of carboxylic acid groups (broad SMARTS) is 1. The number of primary amides is 1. The summed E-state index contributed by atoms with van der Waals surface area (Å²) in [6.45, 7) is 4.61. The van der Waals surface area contributed by atoms with E-state index in [0.717, 1.165) is 0 Å². The number of nitrogens with zero attached hydrogens (tertiary/aromatic N) is 4. The molecule has 0 radical (unpaired) electrons. The molecule has 0 saturated heterocycles. The van der Waals surface area contributed by atoms with Crippen molar-refractivity contribution in [3.63, 3.8) is 0 Å². The Morgan fingerprint density at radius 2 is 2.16 bits per heavy atom. The largest absolute Gasteiger partial charge is 0.480 e. The van der Waals surface area contributed by atoms with E-state index in [1.807, 2.05) is 13.8 Å². The Bertz CT molecular complexity index is 427. The van der Waals surface area contributed by atoms with Gasteiger partial charge in [0.2, 0.25) is 5.91 Å². The number of nitrogens with two attached hydrogens (primary N) is 1. The molecule has 0 unspecified atom stereocenters. The molecule has 0 bridgehead atoms. The van der Waals surface area contributed by atoms with Crippen molar-refractivity contribution in [1.29, 1.82) is 0 Å². The molecule has 0 saturated carbocycles. The van der Waals surface area contributed by atoms with Crippen LogP contribution in [0.15, 0.2) is 6.33 Å². The summed E-state index contributed by atoms with van der Waals surface area (Å²) in [7, 11) is 0. The van der Waals surface area contributed by atoms with Crippen molar-refractivity contribution in [2.24, 2.45) is 11.7 Å². The lowest BCUT2D eigenvalue weighted by atomic mass is 10.2. The molecule has 1 heterocycles. The molecule has 106 valence electrons. The highest BCUT2D eigenvalue weighted by molar-refractivity contribution is 5.77. The fraction of sp³-hybridized carbons (Fsp3) is 0.636. The average Bonchev–Trinajstić information content (AvgIpc) is 2.62. The molecule has 0 atom stereocenters. The van der Waals surface area contributed by atoms with Gasteiger partial charge in [-0.1, -0.05) is 13.8 Å². The molecule has 8 heteroatoms. The van der Waals surface area contributed by atoms with Crippen molar-refractivity contribution in [2.45, 2.75) is 26.9 Å².